The molecule has 1 aromatic rings. The maximum Gasteiger partial charge on any atom is 0.303 e. The predicted octanol–water partition coefficient (Wildman–Crippen LogP) is 2.29. The summed E-state index contributed by atoms with van der Waals surface area (Å²) in [7, 11) is 0. The molecule has 0 saturated carbocycles. The fraction of sp³-hybridized carbons (Fsp3) is 0.500. The third kappa shape index (κ3) is 3.00. The molecule has 0 aromatic heterocycles. The first kappa shape index (κ1) is 14.6. The number of amides is 1. The van der Waals surface area contributed by atoms with Crippen LogP contribution in [0.5, 0.6) is 0 Å². The molecule has 20 heavy (non-hydrogen) atoms. The van der Waals surface area contributed by atoms with Crippen molar-refractivity contribution >= 4 is 11.9 Å². The van der Waals surface area contributed by atoms with E-state index in [-0.39, 0.29) is 18.2 Å². The molecule has 1 heterocycles. The van der Waals surface area contributed by atoms with Crippen LogP contribution in [0.2, 0.25) is 0 Å². The number of carboxylic acid groups (broad SMARTS) is 1. The molecule has 1 aliphatic heterocycles. The minimum Gasteiger partial charge on any atom is -0.481 e. The van der Waals surface area contributed by atoms with E-state index >= 15 is 0 Å². The minimum atomic E-state index is -0.786. The van der Waals surface area contributed by atoms with Crippen molar-refractivity contribution < 1.29 is 14.7 Å². The first-order chi connectivity index (χ1) is 9.41. The Labute approximate surface area is 119 Å². The summed E-state index contributed by atoms with van der Waals surface area (Å²) in [5.41, 5.74) is 0.422. The number of benzene rings is 1. The van der Waals surface area contributed by atoms with E-state index in [9.17, 15) is 9.59 Å². The number of hydrogen-bond acceptors (Lipinski definition) is 2. The molecular weight excluding hydrogens is 254 g/mol. The maximum absolute atomic E-state index is 12.7. The molecule has 1 unspecified atom stereocenters. The van der Waals surface area contributed by atoms with Crippen LogP contribution in [0, 0.1) is 5.92 Å². The van der Waals surface area contributed by atoms with Crippen molar-refractivity contribution in [3.8, 4) is 0 Å². The van der Waals surface area contributed by atoms with E-state index in [1.54, 1.807) is 4.90 Å². The normalized spacial score (nSPS) is 19.1. The molecule has 2 rings (SSSR count). The third-order valence-corrected chi connectivity index (χ3v) is 4.07. The molecule has 4 nitrogen and oxygen atoms in total. The van der Waals surface area contributed by atoms with Gasteiger partial charge in [-0.1, -0.05) is 30.3 Å². The van der Waals surface area contributed by atoms with Crippen LogP contribution in [0.25, 0.3) is 0 Å². The molecule has 1 fully saturated rings. The molecule has 1 saturated heterocycles. The second-order valence-corrected chi connectivity index (χ2v) is 5.99. The van der Waals surface area contributed by atoms with Crippen LogP contribution in [0.15, 0.2) is 30.3 Å². The molecule has 0 radical (unpaired) electrons. The highest BCUT2D eigenvalue weighted by atomic mass is 16.4. The number of carboxylic acids is 1. The number of carbonyl (C=O) groups is 2. The lowest BCUT2D eigenvalue weighted by molar-refractivity contribution is -0.139. The predicted molar refractivity (Wildman–Crippen MR) is 76.4 cm³/mol. The Balaban J connectivity index is 2.07. The summed E-state index contributed by atoms with van der Waals surface area (Å²) in [5, 5.41) is 8.83. The summed E-state index contributed by atoms with van der Waals surface area (Å²) in [6.45, 7) is 5.07. The van der Waals surface area contributed by atoms with Gasteiger partial charge < -0.3 is 10.0 Å². The Bertz CT molecular complexity index is 496. The number of hydrogen-bond donors (Lipinski definition) is 1. The highest BCUT2D eigenvalue weighted by Gasteiger charge is 2.37. The van der Waals surface area contributed by atoms with Gasteiger partial charge >= 0.3 is 5.97 Å². The topological polar surface area (TPSA) is 57.6 Å². The van der Waals surface area contributed by atoms with E-state index < -0.39 is 11.4 Å². The summed E-state index contributed by atoms with van der Waals surface area (Å²) < 4.78 is 0. The third-order valence-electron chi connectivity index (χ3n) is 4.07. The van der Waals surface area contributed by atoms with Gasteiger partial charge in [0.05, 0.1) is 5.41 Å². The van der Waals surface area contributed by atoms with Crippen LogP contribution in [0.3, 0.4) is 0 Å². The van der Waals surface area contributed by atoms with Crippen LogP contribution in [0.4, 0.5) is 0 Å². The number of carbonyl (C=O) groups excluding carboxylic acids is 1. The van der Waals surface area contributed by atoms with Crippen molar-refractivity contribution in [2.45, 2.75) is 32.1 Å². The van der Waals surface area contributed by atoms with Crippen molar-refractivity contribution in [3.63, 3.8) is 0 Å². The Morgan fingerprint density at radius 3 is 2.55 bits per heavy atom. The highest BCUT2D eigenvalue weighted by molar-refractivity contribution is 5.87. The van der Waals surface area contributed by atoms with E-state index in [0.717, 1.165) is 12.0 Å². The van der Waals surface area contributed by atoms with Crippen molar-refractivity contribution in [1.29, 1.82) is 0 Å². The van der Waals surface area contributed by atoms with Crippen LogP contribution < -0.4 is 0 Å². The average molecular weight is 275 g/mol. The van der Waals surface area contributed by atoms with E-state index in [2.05, 4.69) is 0 Å². The molecule has 1 amide bonds. The van der Waals surface area contributed by atoms with Crippen molar-refractivity contribution in [1.82, 2.24) is 4.90 Å². The lowest BCUT2D eigenvalue weighted by Gasteiger charge is -2.29. The quantitative estimate of drug-likeness (QED) is 0.917. The zero-order valence-corrected chi connectivity index (χ0v) is 12.0. The fourth-order valence-electron chi connectivity index (χ4n) is 2.80. The summed E-state index contributed by atoms with van der Waals surface area (Å²) in [6.07, 6.45) is 0.929. The molecular formula is C16H21NO3. The van der Waals surface area contributed by atoms with Crippen LogP contribution in [-0.4, -0.2) is 35.0 Å². The zero-order chi connectivity index (χ0) is 14.8. The van der Waals surface area contributed by atoms with Gasteiger partial charge in [-0.2, -0.15) is 0 Å². The van der Waals surface area contributed by atoms with Gasteiger partial charge in [0.2, 0.25) is 5.91 Å². The summed E-state index contributed by atoms with van der Waals surface area (Å²) in [6, 6.07) is 9.72. The molecule has 0 aliphatic carbocycles. The zero-order valence-electron chi connectivity index (χ0n) is 12.0. The van der Waals surface area contributed by atoms with E-state index in [4.69, 9.17) is 5.11 Å². The van der Waals surface area contributed by atoms with Crippen LogP contribution in [-0.2, 0) is 15.0 Å². The SMILES string of the molecule is CC(C)(C(=O)N1CCC(CC(=O)O)C1)c1ccccc1. The second-order valence-electron chi connectivity index (χ2n) is 5.99. The maximum atomic E-state index is 12.7. The lowest BCUT2D eigenvalue weighted by atomic mass is 9.83. The van der Waals surface area contributed by atoms with E-state index in [0.29, 0.717) is 13.1 Å². The molecule has 1 aromatic carbocycles. The van der Waals surface area contributed by atoms with Gasteiger partial charge in [0, 0.05) is 19.5 Å². The minimum absolute atomic E-state index is 0.0802. The summed E-state index contributed by atoms with van der Waals surface area (Å²) in [4.78, 5) is 25.2. The van der Waals surface area contributed by atoms with Crippen LogP contribution >= 0.6 is 0 Å². The van der Waals surface area contributed by atoms with Crippen molar-refractivity contribution in [2.24, 2.45) is 5.92 Å². The van der Waals surface area contributed by atoms with E-state index in [1.807, 2.05) is 44.2 Å². The van der Waals surface area contributed by atoms with Gasteiger partial charge in [-0.15, -0.1) is 0 Å². The molecule has 1 atom stereocenters. The van der Waals surface area contributed by atoms with Gasteiger partial charge in [0.15, 0.2) is 0 Å². The van der Waals surface area contributed by atoms with Gasteiger partial charge in [0.1, 0.15) is 0 Å². The smallest absolute Gasteiger partial charge is 0.303 e. The van der Waals surface area contributed by atoms with Crippen molar-refractivity contribution in [2.75, 3.05) is 13.1 Å². The summed E-state index contributed by atoms with van der Waals surface area (Å²) >= 11 is 0. The first-order valence-corrected chi connectivity index (χ1v) is 6.98. The lowest BCUT2D eigenvalue weighted by Crippen LogP contribution is -2.42. The molecule has 4 heteroatoms. The Kier molecular flexibility index (Phi) is 4.12. The standard InChI is InChI=1S/C16H21NO3/c1-16(2,13-6-4-3-5-7-13)15(20)17-9-8-12(11-17)10-14(18)19/h3-7,12H,8-11H2,1-2H3,(H,18,19). The Hall–Kier alpha value is -1.84. The summed E-state index contributed by atoms with van der Waals surface area (Å²) in [5.74, 6) is -0.619. The van der Waals surface area contributed by atoms with Gasteiger partial charge in [0.25, 0.3) is 0 Å². The largest absolute Gasteiger partial charge is 0.481 e. The number of rotatable bonds is 4. The van der Waals surface area contributed by atoms with Gasteiger partial charge in [-0.05, 0) is 31.7 Å². The molecule has 1 N–H and O–H groups in total. The fourth-order valence-corrected chi connectivity index (χ4v) is 2.80. The van der Waals surface area contributed by atoms with Gasteiger partial charge in [-0.25, -0.2) is 0 Å². The molecule has 1 aliphatic rings. The van der Waals surface area contributed by atoms with E-state index in [1.165, 1.54) is 0 Å². The Morgan fingerprint density at radius 2 is 1.95 bits per heavy atom. The van der Waals surface area contributed by atoms with Gasteiger partial charge in [-0.3, -0.25) is 9.59 Å². The number of nitrogens with zero attached hydrogens (tertiary/aromatic N) is 1. The molecule has 0 spiro atoms. The van der Waals surface area contributed by atoms with Crippen LogP contribution in [0.1, 0.15) is 32.3 Å². The van der Waals surface area contributed by atoms with Crippen molar-refractivity contribution in [3.05, 3.63) is 35.9 Å². The number of likely N-dealkylation sites (tertiary alicyclic amines) is 1. The average Bonchev–Trinajstić information content (AvgIpc) is 2.86. The second kappa shape index (κ2) is 5.65. The molecule has 108 valence electrons. The monoisotopic (exact) mass is 275 g/mol. The first-order valence-electron chi connectivity index (χ1n) is 6.98. The Morgan fingerprint density at radius 1 is 1.30 bits per heavy atom. The highest BCUT2D eigenvalue weighted by Crippen LogP contribution is 2.29. The molecule has 0 bridgehead atoms. The number of aliphatic carboxylic acids is 1.